The lowest BCUT2D eigenvalue weighted by atomic mass is 10.2. The molecular weight excluding hydrogens is 220 g/mol. The molecule has 0 spiro atoms. The Bertz CT molecular complexity index is 494. The number of hydrogen-bond donors (Lipinski definition) is 1. The predicted octanol–water partition coefficient (Wildman–Crippen LogP) is 2.48. The second kappa shape index (κ2) is 5.27. The molecule has 0 saturated heterocycles. The van der Waals surface area contributed by atoms with Gasteiger partial charge in [0.25, 0.3) is 5.69 Å². The topological polar surface area (TPSA) is 68.3 Å². The molecule has 5 nitrogen and oxygen atoms in total. The number of furan rings is 1. The minimum atomic E-state index is -0.389. The Morgan fingerprint density at radius 1 is 1.24 bits per heavy atom. The molecule has 0 amide bonds. The van der Waals surface area contributed by atoms with E-state index in [-0.39, 0.29) is 10.6 Å². The highest BCUT2D eigenvalue weighted by Gasteiger charge is 2.05. The fourth-order valence-corrected chi connectivity index (χ4v) is 1.52. The van der Waals surface area contributed by atoms with Gasteiger partial charge in [-0.3, -0.25) is 10.1 Å². The Balaban J connectivity index is 1.90. The van der Waals surface area contributed by atoms with Crippen LogP contribution >= 0.6 is 0 Å². The molecule has 1 heterocycles. The maximum Gasteiger partial charge on any atom is 0.269 e. The molecule has 5 heteroatoms. The number of nitro groups is 1. The number of nitro benzene ring substituents is 1. The van der Waals surface area contributed by atoms with Crippen molar-refractivity contribution >= 4 is 5.69 Å². The van der Waals surface area contributed by atoms with Crippen molar-refractivity contribution in [2.75, 3.05) is 0 Å². The van der Waals surface area contributed by atoms with Crippen LogP contribution in [0.25, 0.3) is 0 Å². The number of nitrogens with one attached hydrogen (secondary N) is 1. The van der Waals surface area contributed by atoms with E-state index >= 15 is 0 Å². The Kier molecular flexibility index (Phi) is 3.52. The van der Waals surface area contributed by atoms with Crippen molar-refractivity contribution in [1.29, 1.82) is 0 Å². The van der Waals surface area contributed by atoms with E-state index in [1.807, 2.05) is 12.1 Å². The van der Waals surface area contributed by atoms with Gasteiger partial charge in [-0.15, -0.1) is 0 Å². The zero-order chi connectivity index (χ0) is 12.1. The smallest absolute Gasteiger partial charge is 0.269 e. The number of nitrogens with zero attached hydrogens (tertiary/aromatic N) is 1. The fourth-order valence-electron chi connectivity index (χ4n) is 1.52. The van der Waals surface area contributed by atoms with Gasteiger partial charge in [-0.05, 0) is 11.6 Å². The second-order valence-corrected chi connectivity index (χ2v) is 3.66. The summed E-state index contributed by atoms with van der Waals surface area (Å²) in [6, 6.07) is 8.48. The summed E-state index contributed by atoms with van der Waals surface area (Å²) in [7, 11) is 0. The van der Waals surface area contributed by atoms with Crippen LogP contribution in [0.5, 0.6) is 0 Å². The summed E-state index contributed by atoms with van der Waals surface area (Å²) in [5, 5.41) is 13.8. The summed E-state index contributed by atoms with van der Waals surface area (Å²) in [5.74, 6) is 0. The van der Waals surface area contributed by atoms with Crippen LogP contribution < -0.4 is 5.32 Å². The third-order valence-electron chi connectivity index (χ3n) is 2.36. The van der Waals surface area contributed by atoms with Crippen LogP contribution in [-0.4, -0.2) is 4.92 Å². The van der Waals surface area contributed by atoms with Crippen LogP contribution in [0.15, 0.2) is 47.3 Å². The summed E-state index contributed by atoms with van der Waals surface area (Å²) in [5.41, 5.74) is 2.06. The minimum Gasteiger partial charge on any atom is -0.472 e. The maximum atomic E-state index is 10.6. The van der Waals surface area contributed by atoms with Crippen LogP contribution in [0.2, 0.25) is 0 Å². The SMILES string of the molecule is O=[N+]([O-])c1cccc(CNCc2ccoc2)c1. The van der Waals surface area contributed by atoms with Crippen molar-refractivity contribution in [1.82, 2.24) is 5.32 Å². The molecule has 1 N–H and O–H groups in total. The summed E-state index contributed by atoms with van der Waals surface area (Å²) in [6.07, 6.45) is 3.28. The maximum absolute atomic E-state index is 10.6. The van der Waals surface area contributed by atoms with E-state index in [4.69, 9.17) is 4.42 Å². The molecule has 1 aromatic carbocycles. The zero-order valence-electron chi connectivity index (χ0n) is 9.13. The Hall–Kier alpha value is -2.14. The first kappa shape index (κ1) is 11.3. The van der Waals surface area contributed by atoms with E-state index in [2.05, 4.69) is 5.32 Å². The third kappa shape index (κ3) is 3.15. The quantitative estimate of drug-likeness (QED) is 0.635. The largest absolute Gasteiger partial charge is 0.472 e. The molecule has 0 atom stereocenters. The van der Waals surface area contributed by atoms with Gasteiger partial charge in [-0.2, -0.15) is 0 Å². The van der Waals surface area contributed by atoms with Gasteiger partial charge in [0, 0.05) is 30.8 Å². The summed E-state index contributed by atoms with van der Waals surface area (Å²) >= 11 is 0. The Morgan fingerprint density at radius 3 is 2.76 bits per heavy atom. The third-order valence-corrected chi connectivity index (χ3v) is 2.36. The predicted molar refractivity (Wildman–Crippen MR) is 62.3 cm³/mol. The fraction of sp³-hybridized carbons (Fsp3) is 0.167. The molecule has 2 rings (SSSR count). The zero-order valence-corrected chi connectivity index (χ0v) is 9.13. The number of non-ortho nitro benzene ring substituents is 1. The molecular formula is C12H12N2O3. The van der Waals surface area contributed by atoms with E-state index in [1.54, 1.807) is 24.7 Å². The minimum absolute atomic E-state index is 0.118. The van der Waals surface area contributed by atoms with Gasteiger partial charge in [-0.1, -0.05) is 12.1 Å². The molecule has 1 aromatic heterocycles. The first-order valence-corrected chi connectivity index (χ1v) is 5.21. The van der Waals surface area contributed by atoms with Gasteiger partial charge in [-0.25, -0.2) is 0 Å². The second-order valence-electron chi connectivity index (χ2n) is 3.66. The van der Waals surface area contributed by atoms with Gasteiger partial charge in [0.05, 0.1) is 17.4 Å². The van der Waals surface area contributed by atoms with Gasteiger partial charge in [0.15, 0.2) is 0 Å². The lowest BCUT2D eigenvalue weighted by molar-refractivity contribution is -0.384. The lowest BCUT2D eigenvalue weighted by Crippen LogP contribution is -2.12. The monoisotopic (exact) mass is 232 g/mol. The molecule has 17 heavy (non-hydrogen) atoms. The summed E-state index contributed by atoms with van der Waals surface area (Å²) in [4.78, 5) is 10.2. The molecule has 0 aliphatic rings. The number of benzene rings is 1. The average molecular weight is 232 g/mol. The number of rotatable bonds is 5. The van der Waals surface area contributed by atoms with Crippen molar-refractivity contribution in [2.45, 2.75) is 13.1 Å². The van der Waals surface area contributed by atoms with Crippen LogP contribution in [0.1, 0.15) is 11.1 Å². The van der Waals surface area contributed by atoms with E-state index in [1.165, 1.54) is 6.07 Å². The van der Waals surface area contributed by atoms with Crippen molar-refractivity contribution in [3.8, 4) is 0 Å². The number of hydrogen-bond acceptors (Lipinski definition) is 4. The highest BCUT2D eigenvalue weighted by molar-refractivity contribution is 5.34. The lowest BCUT2D eigenvalue weighted by Gasteiger charge is -2.03. The van der Waals surface area contributed by atoms with E-state index in [0.717, 1.165) is 11.1 Å². The molecule has 0 aliphatic heterocycles. The molecule has 0 fully saturated rings. The van der Waals surface area contributed by atoms with E-state index < -0.39 is 0 Å². The first-order valence-electron chi connectivity index (χ1n) is 5.21. The van der Waals surface area contributed by atoms with E-state index in [9.17, 15) is 10.1 Å². The van der Waals surface area contributed by atoms with Crippen LogP contribution in [0.4, 0.5) is 5.69 Å². The molecule has 0 bridgehead atoms. The highest BCUT2D eigenvalue weighted by Crippen LogP contribution is 2.12. The normalized spacial score (nSPS) is 10.4. The van der Waals surface area contributed by atoms with Gasteiger partial charge in [0.2, 0.25) is 0 Å². The molecule has 0 radical (unpaired) electrons. The van der Waals surface area contributed by atoms with Gasteiger partial charge >= 0.3 is 0 Å². The van der Waals surface area contributed by atoms with Gasteiger partial charge in [0.1, 0.15) is 0 Å². The molecule has 2 aromatic rings. The van der Waals surface area contributed by atoms with Crippen molar-refractivity contribution in [3.63, 3.8) is 0 Å². The van der Waals surface area contributed by atoms with Gasteiger partial charge < -0.3 is 9.73 Å². The summed E-state index contributed by atoms with van der Waals surface area (Å²) in [6.45, 7) is 1.27. The van der Waals surface area contributed by atoms with Crippen LogP contribution in [-0.2, 0) is 13.1 Å². The molecule has 0 unspecified atom stereocenters. The summed E-state index contributed by atoms with van der Waals surface area (Å²) < 4.78 is 4.94. The molecule has 0 aliphatic carbocycles. The molecule has 0 saturated carbocycles. The Morgan fingerprint density at radius 2 is 2.06 bits per heavy atom. The van der Waals surface area contributed by atoms with Crippen LogP contribution in [0.3, 0.4) is 0 Å². The molecule has 88 valence electrons. The van der Waals surface area contributed by atoms with Crippen LogP contribution in [0, 0.1) is 10.1 Å². The highest BCUT2D eigenvalue weighted by atomic mass is 16.6. The first-order chi connectivity index (χ1) is 8.25. The Labute approximate surface area is 98.2 Å². The van der Waals surface area contributed by atoms with Crippen molar-refractivity contribution in [2.24, 2.45) is 0 Å². The van der Waals surface area contributed by atoms with Crippen molar-refractivity contribution in [3.05, 3.63) is 64.1 Å². The standard InChI is InChI=1S/C12H12N2O3/c15-14(16)12-3-1-2-10(6-12)7-13-8-11-4-5-17-9-11/h1-6,9,13H,7-8H2. The van der Waals surface area contributed by atoms with E-state index in [0.29, 0.717) is 13.1 Å². The average Bonchev–Trinajstić information content (AvgIpc) is 2.82. The van der Waals surface area contributed by atoms with Crippen molar-refractivity contribution < 1.29 is 9.34 Å².